The lowest BCUT2D eigenvalue weighted by atomic mass is 9.86. The summed E-state index contributed by atoms with van der Waals surface area (Å²) in [5.74, 6) is 1.44. The minimum atomic E-state index is -1.00. The molecule has 2 atom stereocenters. The lowest BCUT2D eigenvalue weighted by Crippen LogP contribution is -2.29. The smallest absolute Gasteiger partial charge is 0.532 e. The van der Waals surface area contributed by atoms with Crippen molar-refractivity contribution in [2.75, 3.05) is 18.5 Å². The predicted molar refractivity (Wildman–Crippen MR) is 102 cm³/mol. The van der Waals surface area contributed by atoms with Crippen molar-refractivity contribution in [3.8, 4) is 11.8 Å². The Morgan fingerprint density at radius 1 is 1.50 bits per heavy atom. The van der Waals surface area contributed by atoms with E-state index < -0.39 is 13.0 Å². The number of nitriles is 1. The maximum atomic E-state index is 11.9. The molecule has 4 rings (SSSR count). The van der Waals surface area contributed by atoms with Crippen molar-refractivity contribution in [3.05, 3.63) is 41.5 Å². The molecular weight excluding hydrogens is 361 g/mol. The molecule has 2 aromatic rings. The summed E-state index contributed by atoms with van der Waals surface area (Å²) in [7, 11) is -1.00. The number of anilines is 2. The largest absolute Gasteiger partial charge is 0.552 e. The molecule has 2 aliphatic rings. The molecule has 142 valence electrons. The average molecular weight is 379 g/mol. The van der Waals surface area contributed by atoms with Crippen LogP contribution >= 0.6 is 0 Å². The van der Waals surface area contributed by atoms with Crippen LogP contribution in [0.3, 0.4) is 0 Å². The molecule has 2 aliphatic heterocycles. The summed E-state index contributed by atoms with van der Waals surface area (Å²) in [6.45, 7) is 0.869. The van der Waals surface area contributed by atoms with E-state index in [4.69, 9.17) is 15.1 Å². The van der Waals surface area contributed by atoms with Gasteiger partial charge >= 0.3 is 7.12 Å². The van der Waals surface area contributed by atoms with Crippen molar-refractivity contribution >= 4 is 30.6 Å². The molecule has 0 spiro atoms. The summed E-state index contributed by atoms with van der Waals surface area (Å²) in [5.41, 5.74) is 7.16. The van der Waals surface area contributed by atoms with Crippen LogP contribution in [-0.4, -0.2) is 41.0 Å². The third-order valence-electron chi connectivity index (χ3n) is 4.79. The van der Waals surface area contributed by atoms with E-state index in [9.17, 15) is 15.1 Å². The van der Waals surface area contributed by atoms with Gasteiger partial charge in [-0.05, 0) is 24.5 Å². The summed E-state index contributed by atoms with van der Waals surface area (Å²) < 4.78 is 12.4. The van der Waals surface area contributed by atoms with E-state index in [1.54, 1.807) is 28.9 Å². The number of aromatic nitrogens is 2. The maximum absolute atomic E-state index is 11.9. The van der Waals surface area contributed by atoms with Gasteiger partial charge in [-0.1, -0.05) is 6.08 Å². The lowest BCUT2D eigenvalue weighted by molar-refractivity contribution is 0.0342. The van der Waals surface area contributed by atoms with E-state index in [1.807, 2.05) is 6.07 Å². The number of nitrogens with zero attached hydrogens (tertiary/aromatic N) is 3. The summed E-state index contributed by atoms with van der Waals surface area (Å²) in [6, 6.07) is 7.31. The van der Waals surface area contributed by atoms with Gasteiger partial charge in [0.15, 0.2) is 5.82 Å². The van der Waals surface area contributed by atoms with Gasteiger partial charge in [0.05, 0.1) is 24.6 Å². The number of fused-ring (bicyclic) bond motifs is 1. The molecule has 0 bridgehead atoms. The van der Waals surface area contributed by atoms with Crippen LogP contribution in [0.15, 0.2) is 30.4 Å². The topological polar surface area (TPSA) is 135 Å². The van der Waals surface area contributed by atoms with Crippen LogP contribution in [0.25, 0.3) is 6.08 Å². The highest BCUT2D eigenvalue weighted by Gasteiger charge is 2.29. The number of ether oxygens (including phenoxy) is 1. The van der Waals surface area contributed by atoms with Crippen molar-refractivity contribution in [3.63, 3.8) is 0 Å². The second kappa shape index (κ2) is 7.38. The Bertz CT molecular complexity index is 983. The third-order valence-corrected chi connectivity index (χ3v) is 4.79. The minimum Gasteiger partial charge on any atom is -0.532 e. The first kappa shape index (κ1) is 18.1. The molecule has 0 saturated carbocycles. The third kappa shape index (κ3) is 3.45. The Hall–Kier alpha value is -3.29. The number of carbonyl (C=O) groups is 1. The molecular formula is C18H18BN5O4. The standard InChI is InChI=1S/C18H18BN5O4/c20-8-12-4-6-27-10-15(12)24-9-14(17(21)25)18(23-24)22-13-2-1-11-3-5-19(26)28-16(11)7-13/h1-3,5,7,9,12,15,26H,4,6,10H2,(H2,21,25)(H,22,23)/t12?,15-/m0/s1. The minimum absolute atomic E-state index is 0.209. The number of carbonyl (C=O) groups excluding carboxylic acids is 1. The molecule has 10 heteroatoms. The van der Waals surface area contributed by atoms with Gasteiger partial charge in [0, 0.05) is 30.1 Å². The van der Waals surface area contributed by atoms with Gasteiger partial charge < -0.3 is 25.5 Å². The van der Waals surface area contributed by atoms with Crippen molar-refractivity contribution in [2.24, 2.45) is 11.7 Å². The Balaban J connectivity index is 1.64. The van der Waals surface area contributed by atoms with E-state index in [0.717, 1.165) is 5.56 Å². The first-order valence-electron chi connectivity index (χ1n) is 8.85. The normalized spacial score (nSPS) is 20.8. The van der Waals surface area contributed by atoms with Crippen molar-refractivity contribution in [1.82, 2.24) is 9.78 Å². The highest BCUT2D eigenvalue weighted by molar-refractivity contribution is 6.51. The number of rotatable bonds is 4. The van der Waals surface area contributed by atoms with Gasteiger partial charge in [0.2, 0.25) is 0 Å². The second-order valence-corrected chi connectivity index (χ2v) is 6.65. The molecule has 3 heterocycles. The molecule has 1 unspecified atom stereocenters. The molecule has 1 fully saturated rings. The fourth-order valence-electron chi connectivity index (χ4n) is 3.31. The molecule has 4 N–H and O–H groups in total. The highest BCUT2D eigenvalue weighted by atomic mass is 16.5. The SMILES string of the molecule is N#CC1CCOC[C@@H]1n1cc(C(N)=O)c(Nc2ccc3c(c2)OB(O)C=C3)n1. The summed E-state index contributed by atoms with van der Waals surface area (Å²) in [6.07, 6.45) is 3.91. The van der Waals surface area contributed by atoms with Crippen LogP contribution in [0.1, 0.15) is 28.4 Å². The number of amides is 1. The number of nitrogens with one attached hydrogen (secondary N) is 1. The van der Waals surface area contributed by atoms with Gasteiger partial charge in [-0.25, -0.2) is 0 Å². The van der Waals surface area contributed by atoms with E-state index in [0.29, 0.717) is 31.1 Å². The van der Waals surface area contributed by atoms with E-state index in [1.165, 1.54) is 6.20 Å². The zero-order valence-corrected chi connectivity index (χ0v) is 14.9. The Labute approximate surface area is 161 Å². The fraction of sp³-hybridized carbons (Fsp3) is 0.278. The first-order valence-corrected chi connectivity index (χ1v) is 8.85. The summed E-state index contributed by atoms with van der Waals surface area (Å²) >= 11 is 0. The van der Waals surface area contributed by atoms with Crippen LogP contribution in [0, 0.1) is 17.2 Å². The molecule has 1 amide bonds. The maximum Gasteiger partial charge on any atom is 0.552 e. The van der Waals surface area contributed by atoms with Crippen LogP contribution < -0.4 is 15.7 Å². The Kier molecular flexibility index (Phi) is 4.77. The van der Waals surface area contributed by atoms with E-state index in [-0.39, 0.29) is 23.3 Å². The summed E-state index contributed by atoms with van der Waals surface area (Å²) in [4.78, 5) is 11.9. The lowest BCUT2D eigenvalue weighted by Gasteiger charge is -2.26. The zero-order chi connectivity index (χ0) is 19.7. The highest BCUT2D eigenvalue weighted by Crippen LogP contribution is 2.31. The van der Waals surface area contributed by atoms with Gasteiger partial charge in [-0.3, -0.25) is 9.48 Å². The van der Waals surface area contributed by atoms with Crippen molar-refractivity contribution in [2.45, 2.75) is 12.5 Å². The van der Waals surface area contributed by atoms with Gasteiger partial charge in [-0.2, -0.15) is 10.4 Å². The molecule has 0 aliphatic carbocycles. The molecule has 0 radical (unpaired) electrons. The molecule has 1 saturated heterocycles. The number of hydrogen-bond donors (Lipinski definition) is 3. The molecule has 1 aromatic heterocycles. The van der Waals surface area contributed by atoms with Gasteiger partial charge in [0.25, 0.3) is 5.91 Å². The van der Waals surface area contributed by atoms with Gasteiger partial charge in [-0.15, -0.1) is 0 Å². The zero-order valence-electron chi connectivity index (χ0n) is 14.9. The van der Waals surface area contributed by atoms with Crippen LogP contribution in [0.2, 0.25) is 0 Å². The van der Waals surface area contributed by atoms with Crippen LogP contribution in [-0.2, 0) is 4.74 Å². The number of primary amides is 1. The number of nitrogens with two attached hydrogens (primary N) is 1. The molecule has 1 aromatic carbocycles. The fourth-order valence-corrected chi connectivity index (χ4v) is 3.31. The Morgan fingerprint density at radius 2 is 2.36 bits per heavy atom. The second-order valence-electron chi connectivity index (χ2n) is 6.65. The van der Waals surface area contributed by atoms with E-state index in [2.05, 4.69) is 16.5 Å². The van der Waals surface area contributed by atoms with E-state index >= 15 is 0 Å². The molecule has 9 nitrogen and oxygen atoms in total. The Morgan fingerprint density at radius 3 is 3.14 bits per heavy atom. The molecule has 28 heavy (non-hydrogen) atoms. The summed E-state index contributed by atoms with van der Waals surface area (Å²) in [5, 5.41) is 26.5. The van der Waals surface area contributed by atoms with Gasteiger partial charge in [0.1, 0.15) is 11.3 Å². The number of hydrogen-bond acceptors (Lipinski definition) is 7. The quantitative estimate of drug-likeness (QED) is 0.681. The van der Waals surface area contributed by atoms with Crippen LogP contribution in [0.4, 0.5) is 11.5 Å². The predicted octanol–water partition coefficient (Wildman–Crippen LogP) is 1.25. The van der Waals surface area contributed by atoms with Crippen molar-refractivity contribution in [1.29, 1.82) is 5.26 Å². The number of benzene rings is 1. The van der Waals surface area contributed by atoms with Crippen molar-refractivity contribution < 1.29 is 19.2 Å². The van der Waals surface area contributed by atoms with Crippen LogP contribution in [0.5, 0.6) is 5.75 Å². The monoisotopic (exact) mass is 379 g/mol. The average Bonchev–Trinajstić information content (AvgIpc) is 3.11. The first-order chi connectivity index (χ1) is 13.5.